The zero-order valence-corrected chi connectivity index (χ0v) is 8.24. The van der Waals surface area contributed by atoms with E-state index in [1.54, 1.807) is 6.33 Å². The van der Waals surface area contributed by atoms with E-state index < -0.39 is 0 Å². The van der Waals surface area contributed by atoms with Gasteiger partial charge in [-0.3, -0.25) is 0 Å². The summed E-state index contributed by atoms with van der Waals surface area (Å²) in [6.45, 7) is 3.79. The van der Waals surface area contributed by atoms with Gasteiger partial charge in [-0.05, 0) is 24.9 Å². The Labute approximate surface area is 81.9 Å². The summed E-state index contributed by atoms with van der Waals surface area (Å²) in [5.41, 5.74) is 0. The Bertz CT molecular complexity index is 283. The summed E-state index contributed by atoms with van der Waals surface area (Å²) in [6, 6.07) is 0.324. The number of nitrogens with zero attached hydrogens (tertiary/aromatic N) is 3. The van der Waals surface area contributed by atoms with Crippen molar-refractivity contribution in [3.63, 3.8) is 0 Å². The first-order valence-electron chi connectivity index (χ1n) is 4.42. The molecule has 1 aliphatic rings. The van der Waals surface area contributed by atoms with Crippen LogP contribution in [-0.2, 0) is 4.74 Å². The number of aromatic nitrogens is 3. The van der Waals surface area contributed by atoms with Gasteiger partial charge in [-0.15, -0.1) is 10.2 Å². The van der Waals surface area contributed by atoms with Gasteiger partial charge in [0, 0.05) is 18.6 Å². The Morgan fingerprint density at radius 2 is 2.62 bits per heavy atom. The van der Waals surface area contributed by atoms with E-state index in [4.69, 9.17) is 16.3 Å². The maximum atomic E-state index is 5.86. The van der Waals surface area contributed by atoms with Crippen LogP contribution in [0.2, 0.25) is 5.28 Å². The summed E-state index contributed by atoms with van der Waals surface area (Å²) >= 11 is 5.86. The van der Waals surface area contributed by atoms with E-state index in [2.05, 4.69) is 17.1 Å². The Kier molecular flexibility index (Phi) is 2.51. The fourth-order valence-corrected chi connectivity index (χ4v) is 1.90. The second-order valence-electron chi connectivity index (χ2n) is 3.37. The molecular weight excluding hydrogens is 190 g/mol. The summed E-state index contributed by atoms with van der Waals surface area (Å²) in [5, 5.41) is 7.96. The Hall–Kier alpha value is -0.610. The molecule has 1 fully saturated rings. The lowest BCUT2D eigenvalue weighted by atomic mass is 10.0. The summed E-state index contributed by atoms with van der Waals surface area (Å²) in [4.78, 5) is 0. The van der Waals surface area contributed by atoms with E-state index in [9.17, 15) is 0 Å². The quantitative estimate of drug-likeness (QED) is 0.729. The lowest BCUT2D eigenvalue weighted by Gasteiger charge is -2.18. The number of halogens is 1. The maximum absolute atomic E-state index is 5.86. The van der Waals surface area contributed by atoms with Crippen LogP contribution >= 0.6 is 11.6 Å². The molecule has 0 aliphatic carbocycles. The fourth-order valence-electron chi connectivity index (χ4n) is 1.66. The van der Waals surface area contributed by atoms with Crippen molar-refractivity contribution in [1.29, 1.82) is 0 Å². The number of rotatable bonds is 2. The van der Waals surface area contributed by atoms with Crippen LogP contribution in [0.1, 0.15) is 19.4 Å². The molecule has 5 heteroatoms. The highest BCUT2D eigenvalue weighted by atomic mass is 35.5. The first-order chi connectivity index (χ1) is 6.29. The molecule has 1 aliphatic heterocycles. The van der Waals surface area contributed by atoms with Crippen molar-refractivity contribution in [3.8, 4) is 0 Å². The Morgan fingerprint density at radius 1 is 1.77 bits per heavy atom. The van der Waals surface area contributed by atoms with Crippen LogP contribution in [-0.4, -0.2) is 28.0 Å². The second kappa shape index (κ2) is 3.64. The van der Waals surface area contributed by atoms with Gasteiger partial charge in [-0.1, -0.05) is 0 Å². The third-order valence-corrected chi connectivity index (χ3v) is 2.89. The standard InChI is InChI=1S/C8H12ClN3O/c1-6(7-2-3-13-4-7)12-5-10-11-8(12)9/h5-7H,2-4H2,1H3. The minimum absolute atomic E-state index is 0.324. The highest BCUT2D eigenvalue weighted by molar-refractivity contribution is 6.28. The molecule has 0 aromatic carbocycles. The van der Waals surface area contributed by atoms with Crippen molar-refractivity contribution in [3.05, 3.63) is 11.6 Å². The van der Waals surface area contributed by atoms with E-state index in [1.807, 2.05) is 4.57 Å². The zero-order chi connectivity index (χ0) is 9.26. The van der Waals surface area contributed by atoms with E-state index in [0.29, 0.717) is 17.2 Å². The minimum Gasteiger partial charge on any atom is -0.381 e. The lowest BCUT2D eigenvalue weighted by Crippen LogP contribution is -2.16. The molecule has 1 saturated heterocycles. The molecule has 2 unspecified atom stereocenters. The number of hydrogen-bond acceptors (Lipinski definition) is 3. The van der Waals surface area contributed by atoms with Crippen molar-refractivity contribution >= 4 is 11.6 Å². The molecular formula is C8H12ClN3O. The van der Waals surface area contributed by atoms with E-state index >= 15 is 0 Å². The average Bonchev–Trinajstić information content (AvgIpc) is 2.72. The first-order valence-corrected chi connectivity index (χ1v) is 4.79. The van der Waals surface area contributed by atoms with Crippen molar-refractivity contribution in [2.24, 2.45) is 5.92 Å². The predicted molar refractivity (Wildman–Crippen MR) is 48.7 cm³/mol. The monoisotopic (exact) mass is 201 g/mol. The normalized spacial score (nSPS) is 24.9. The SMILES string of the molecule is CC(C1CCOC1)n1cnnc1Cl. The molecule has 2 heterocycles. The molecule has 0 N–H and O–H groups in total. The summed E-state index contributed by atoms with van der Waals surface area (Å²) in [5.74, 6) is 0.536. The van der Waals surface area contributed by atoms with Gasteiger partial charge in [0.1, 0.15) is 6.33 Å². The van der Waals surface area contributed by atoms with Crippen LogP contribution in [0.4, 0.5) is 0 Å². The van der Waals surface area contributed by atoms with Crippen molar-refractivity contribution in [1.82, 2.24) is 14.8 Å². The lowest BCUT2D eigenvalue weighted by molar-refractivity contribution is 0.175. The molecule has 1 aromatic heterocycles. The molecule has 0 radical (unpaired) electrons. The Morgan fingerprint density at radius 3 is 3.15 bits per heavy atom. The highest BCUT2D eigenvalue weighted by Crippen LogP contribution is 2.27. The minimum atomic E-state index is 0.324. The van der Waals surface area contributed by atoms with Crippen molar-refractivity contribution in [2.75, 3.05) is 13.2 Å². The van der Waals surface area contributed by atoms with Crippen molar-refractivity contribution < 1.29 is 4.74 Å². The number of hydrogen-bond donors (Lipinski definition) is 0. The van der Waals surface area contributed by atoms with Crippen LogP contribution in [0.15, 0.2) is 6.33 Å². The van der Waals surface area contributed by atoms with Gasteiger partial charge in [0.2, 0.25) is 5.28 Å². The van der Waals surface area contributed by atoms with Gasteiger partial charge in [0.05, 0.1) is 6.61 Å². The number of ether oxygens (including phenoxy) is 1. The van der Waals surface area contributed by atoms with Gasteiger partial charge in [0.15, 0.2) is 0 Å². The van der Waals surface area contributed by atoms with Gasteiger partial charge in [-0.25, -0.2) is 0 Å². The molecule has 1 aromatic rings. The van der Waals surface area contributed by atoms with Gasteiger partial charge < -0.3 is 9.30 Å². The van der Waals surface area contributed by atoms with E-state index in [-0.39, 0.29) is 0 Å². The predicted octanol–water partition coefficient (Wildman–Crippen LogP) is 1.53. The van der Waals surface area contributed by atoms with Gasteiger partial charge in [0.25, 0.3) is 0 Å². The Balaban J connectivity index is 2.12. The molecule has 0 bridgehead atoms. The molecule has 72 valence electrons. The van der Waals surface area contributed by atoms with Crippen LogP contribution in [0, 0.1) is 5.92 Å². The molecule has 0 amide bonds. The zero-order valence-electron chi connectivity index (χ0n) is 7.48. The highest BCUT2D eigenvalue weighted by Gasteiger charge is 2.24. The van der Waals surface area contributed by atoms with Crippen LogP contribution in [0.25, 0.3) is 0 Å². The molecule has 0 saturated carbocycles. The summed E-state index contributed by atoms with van der Waals surface area (Å²) in [6.07, 6.45) is 2.76. The van der Waals surface area contributed by atoms with Gasteiger partial charge >= 0.3 is 0 Å². The van der Waals surface area contributed by atoms with E-state index in [0.717, 1.165) is 19.6 Å². The topological polar surface area (TPSA) is 39.9 Å². The van der Waals surface area contributed by atoms with E-state index in [1.165, 1.54) is 0 Å². The molecule has 2 rings (SSSR count). The molecule has 13 heavy (non-hydrogen) atoms. The third-order valence-electron chi connectivity index (χ3n) is 2.62. The van der Waals surface area contributed by atoms with Gasteiger partial charge in [-0.2, -0.15) is 0 Å². The fraction of sp³-hybridized carbons (Fsp3) is 0.750. The third kappa shape index (κ3) is 1.69. The summed E-state index contributed by atoms with van der Waals surface area (Å²) < 4.78 is 7.21. The second-order valence-corrected chi connectivity index (χ2v) is 3.71. The molecule has 2 atom stereocenters. The maximum Gasteiger partial charge on any atom is 0.225 e. The molecule has 0 spiro atoms. The average molecular weight is 202 g/mol. The smallest absolute Gasteiger partial charge is 0.225 e. The molecule has 4 nitrogen and oxygen atoms in total. The van der Waals surface area contributed by atoms with Crippen LogP contribution in [0.3, 0.4) is 0 Å². The largest absolute Gasteiger partial charge is 0.381 e. The van der Waals surface area contributed by atoms with Crippen LogP contribution < -0.4 is 0 Å². The van der Waals surface area contributed by atoms with Crippen LogP contribution in [0.5, 0.6) is 0 Å². The van der Waals surface area contributed by atoms with Crippen molar-refractivity contribution in [2.45, 2.75) is 19.4 Å². The first kappa shape index (κ1) is 8.97. The summed E-state index contributed by atoms with van der Waals surface area (Å²) in [7, 11) is 0.